The van der Waals surface area contributed by atoms with Gasteiger partial charge in [0.15, 0.2) is 5.82 Å². The summed E-state index contributed by atoms with van der Waals surface area (Å²) >= 11 is 0. The highest BCUT2D eigenvalue weighted by molar-refractivity contribution is 5.58. The first kappa shape index (κ1) is 12.1. The smallest absolute Gasteiger partial charge is 0.152 e. The summed E-state index contributed by atoms with van der Waals surface area (Å²) in [6.45, 7) is 7.79. The molecule has 0 spiro atoms. The number of anilines is 2. The van der Waals surface area contributed by atoms with Gasteiger partial charge in [-0.05, 0) is 32.7 Å². The zero-order valence-corrected chi connectivity index (χ0v) is 10.6. The molecular weight excluding hydrogens is 214 g/mol. The van der Waals surface area contributed by atoms with Gasteiger partial charge in [-0.15, -0.1) is 0 Å². The van der Waals surface area contributed by atoms with E-state index in [0.29, 0.717) is 17.6 Å². The van der Waals surface area contributed by atoms with Gasteiger partial charge in [-0.3, -0.25) is 0 Å². The monoisotopic (exact) mass is 235 g/mol. The van der Waals surface area contributed by atoms with Crippen molar-refractivity contribution in [1.29, 1.82) is 0 Å². The fourth-order valence-electron chi connectivity index (χ4n) is 2.23. The van der Waals surface area contributed by atoms with Crippen LogP contribution in [0.3, 0.4) is 0 Å². The zero-order chi connectivity index (χ0) is 12.3. The fraction of sp³-hybridized carbons (Fsp3) is 0.667. The van der Waals surface area contributed by atoms with Crippen molar-refractivity contribution in [3.8, 4) is 0 Å². The summed E-state index contributed by atoms with van der Waals surface area (Å²) in [7, 11) is 0. The third-order valence-corrected chi connectivity index (χ3v) is 3.35. The zero-order valence-electron chi connectivity index (χ0n) is 10.6. The van der Waals surface area contributed by atoms with Crippen LogP contribution < -0.4 is 11.1 Å². The van der Waals surface area contributed by atoms with Crippen LogP contribution in [-0.2, 0) is 0 Å². The minimum Gasteiger partial charge on any atom is -0.394 e. The number of likely N-dealkylation sites (tertiary alicyclic amines) is 1. The third-order valence-electron chi connectivity index (χ3n) is 3.35. The molecule has 1 fully saturated rings. The van der Waals surface area contributed by atoms with Crippen molar-refractivity contribution in [2.24, 2.45) is 5.92 Å². The fourth-order valence-corrected chi connectivity index (χ4v) is 2.23. The molecule has 5 nitrogen and oxygen atoms in total. The Labute approximate surface area is 102 Å². The van der Waals surface area contributed by atoms with E-state index in [9.17, 15) is 0 Å². The molecule has 1 aliphatic rings. The molecule has 0 saturated carbocycles. The minimum absolute atomic E-state index is 0.617. The quantitative estimate of drug-likeness (QED) is 0.821. The van der Waals surface area contributed by atoms with Crippen molar-refractivity contribution >= 4 is 11.5 Å². The van der Waals surface area contributed by atoms with Crippen LogP contribution in [-0.4, -0.2) is 40.5 Å². The molecule has 1 atom stereocenters. The van der Waals surface area contributed by atoms with Crippen LogP contribution in [0.25, 0.3) is 0 Å². The van der Waals surface area contributed by atoms with Gasteiger partial charge in [-0.25, -0.2) is 9.97 Å². The maximum Gasteiger partial charge on any atom is 0.152 e. The van der Waals surface area contributed by atoms with Crippen LogP contribution in [0, 0.1) is 5.92 Å². The first-order valence-corrected chi connectivity index (χ1v) is 6.20. The number of nitrogens with two attached hydrogens (primary N) is 1. The third kappa shape index (κ3) is 3.06. The van der Waals surface area contributed by atoms with Crippen LogP contribution >= 0.6 is 0 Å². The molecule has 5 heteroatoms. The van der Waals surface area contributed by atoms with Crippen molar-refractivity contribution < 1.29 is 0 Å². The lowest BCUT2D eigenvalue weighted by Crippen LogP contribution is -2.29. The number of hydrogen-bond acceptors (Lipinski definition) is 5. The molecule has 1 aromatic rings. The van der Waals surface area contributed by atoms with Crippen molar-refractivity contribution in [2.75, 3.05) is 30.7 Å². The van der Waals surface area contributed by atoms with Gasteiger partial charge < -0.3 is 16.0 Å². The van der Waals surface area contributed by atoms with Gasteiger partial charge in [0.2, 0.25) is 0 Å². The summed E-state index contributed by atoms with van der Waals surface area (Å²) in [6, 6.07) is 0.643. The molecule has 2 heterocycles. The van der Waals surface area contributed by atoms with Crippen molar-refractivity contribution in [3.63, 3.8) is 0 Å². The molecule has 1 unspecified atom stereocenters. The average molecular weight is 235 g/mol. The number of hydrogen-bond donors (Lipinski definition) is 2. The normalized spacial score (nSPS) is 21.0. The number of nitrogens with one attached hydrogen (secondary N) is 1. The lowest BCUT2D eigenvalue weighted by atomic mass is 10.1. The molecule has 0 amide bonds. The SMILES string of the molecule is CC(C)N1CCC(CNc2ncncc2N)C1. The number of nitrogens with zero attached hydrogens (tertiary/aromatic N) is 3. The Kier molecular flexibility index (Phi) is 3.78. The van der Waals surface area contributed by atoms with Crippen LogP contribution in [0.5, 0.6) is 0 Å². The van der Waals surface area contributed by atoms with E-state index in [1.807, 2.05) is 0 Å². The Morgan fingerprint density at radius 3 is 3.06 bits per heavy atom. The summed E-state index contributed by atoms with van der Waals surface area (Å²) < 4.78 is 0. The Morgan fingerprint density at radius 1 is 1.59 bits per heavy atom. The van der Waals surface area contributed by atoms with E-state index in [1.54, 1.807) is 6.20 Å². The molecule has 17 heavy (non-hydrogen) atoms. The van der Waals surface area contributed by atoms with E-state index in [0.717, 1.165) is 18.9 Å². The van der Waals surface area contributed by atoms with E-state index < -0.39 is 0 Å². The van der Waals surface area contributed by atoms with E-state index >= 15 is 0 Å². The lowest BCUT2D eigenvalue weighted by molar-refractivity contribution is 0.266. The second-order valence-electron chi connectivity index (χ2n) is 4.95. The minimum atomic E-state index is 0.617. The molecule has 1 aliphatic heterocycles. The van der Waals surface area contributed by atoms with Crippen LogP contribution in [0.15, 0.2) is 12.5 Å². The lowest BCUT2D eigenvalue weighted by Gasteiger charge is -2.20. The molecular formula is C12H21N5. The molecule has 94 valence electrons. The molecule has 1 aromatic heterocycles. The molecule has 0 bridgehead atoms. The van der Waals surface area contributed by atoms with E-state index in [4.69, 9.17) is 5.73 Å². The Balaban J connectivity index is 1.82. The first-order valence-electron chi connectivity index (χ1n) is 6.20. The predicted molar refractivity (Wildman–Crippen MR) is 69.8 cm³/mol. The summed E-state index contributed by atoms with van der Waals surface area (Å²) in [5.41, 5.74) is 6.40. The molecule has 0 aliphatic carbocycles. The summed E-state index contributed by atoms with van der Waals surface area (Å²) in [4.78, 5) is 10.5. The Morgan fingerprint density at radius 2 is 2.41 bits per heavy atom. The molecule has 1 saturated heterocycles. The van der Waals surface area contributed by atoms with Crippen molar-refractivity contribution in [3.05, 3.63) is 12.5 Å². The predicted octanol–water partition coefficient (Wildman–Crippen LogP) is 1.20. The summed E-state index contributed by atoms with van der Waals surface area (Å²) in [5.74, 6) is 1.44. The van der Waals surface area contributed by atoms with E-state index in [1.165, 1.54) is 19.3 Å². The highest BCUT2D eigenvalue weighted by atomic mass is 15.2. The molecule has 2 rings (SSSR count). The van der Waals surface area contributed by atoms with E-state index in [2.05, 4.69) is 34.0 Å². The van der Waals surface area contributed by atoms with Crippen LogP contribution in [0.1, 0.15) is 20.3 Å². The van der Waals surface area contributed by atoms with Gasteiger partial charge in [0, 0.05) is 19.1 Å². The van der Waals surface area contributed by atoms with E-state index in [-0.39, 0.29) is 0 Å². The Bertz CT molecular complexity index is 366. The largest absolute Gasteiger partial charge is 0.394 e. The van der Waals surface area contributed by atoms with Gasteiger partial charge in [-0.1, -0.05) is 0 Å². The van der Waals surface area contributed by atoms with Gasteiger partial charge in [0.1, 0.15) is 6.33 Å². The first-order chi connectivity index (χ1) is 8.16. The average Bonchev–Trinajstić information content (AvgIpc) is 2.77. The highest BCUT2D eigenvalue weighted by Gasteiger charge is 2.23. The van der Waals surface area contributed by atoms with Gasteiger partial charge in [-0.2, -0.15) is 0 Å². The standard InChI is InChI=1S/C12H21N5/c1-9(2)17-4-3-10(7-17)5-15-12-11(13)6-14-8-16-12/h6,8-10H,3-5,7,13H2,1-2H3,(H,14,15,16). The summed E-state index contributed by atoms with van der Waals surface area (Å²) in [6.07, 6.45) is 4.40. The van der Waals surface area contributed by atoms with Gasteiger partial charge in [0.25, 0.3) is 0 Å². The maximum atomic E-state index is 5.78. The van der Waals surface area contributed by atoms with Crippen LogP contribution in [0.2, 0.25) is 0 Å². The number of nitrogen functional groups attached to an aromatic ring is 1. The van der Waals surface area contributed by atoms with Gasteiger partial charge in [0.05, 0.1) is 11.9 Å². The van der Waals surface area contributed by atoms with Gasteiger partial charge >= 0.3 is 0 Å². The highest BCUT2D eigenvalue weighted by Crippen LogP contribution is 2.20. The topological polar surface area (TPSA) is 67.1 Å². The molecule has 3 N–H and O–H groups in total. The second-order valence-corrected chi connectivity index (χ2v) is 4.95. The van der Waals surface area contributed by atoms with Crippen LogP contribution in [0.4, 0.5) is 11.5 Å². The second kappa shape index (κ2) is 5.31. The number of rotatable bonds is 4. The number of aromatic nitrogens is 2. The molecule has 0 radical (unpaired) electrons. The molecule has 0 aromatic carbocycles. The maximum absolute atomic E-state index is 5.78. The Hall–Kier alpha value is -1.36. The summed E-state index contributed by atoms with van der Waals surface area (Å²) in [5, 5.41) is 3.31. The van der Waals surface area contributed by atoms with Crippen molar-refractivity contribution in [2.45, 2.75) is 26.3 Å². The van der Waals surface area contributed by atoms with Crippen molar-refractivity contribution in [1.82, 2.24) is 14.9 Å².